The molecule has 1 aromatic carbocycles. The molecule has 0 bridgehead atoms. The summed E-state index contributed by atoms with van der Waals surface area (Å²) in [6, 6.07) is 6.14. The number of anilines is 1. The summed E-state index contributed by atoms with van der Waals surface area (Å²) in [4.78, 5) is 24.7. The molecule has 0 unspecified atom stereocenters. The number of nitrogens with zero attached hydrogens (tertiary/aromatic N) is 4. The lowest BCUT2D eigenvalue weighted by Crippen LogP contribution is -2.49. The average molecular weight is 329 g/mol. The van der Waals surface area contributed by atoms with Gasteiger partial charge >= 0.3 is 0 Å². The Morgan fingerprint density at radius 1 is 1.12 bits per heavy atom. The van der Waals surface area contributed by atoms with Crippen LogP contribution in [0.15, 0.2) is 42.9 Å². The standard InChI is InChI=1S/C17H20FN5O/c18-15-3-1-14(2-4-15)11-21-17(24)13-22-7-9-23(10-8-22)16-12-19-5-6-20-16/h1-6,12H,7-11,13H2,(H,21,24). The Hall–Kier alpha value is -2.54. The van der Waals surface area contributed by atoms with Crippen molar-refractivity contribution in [2.45, 2.75) is 6.54 Å². The summed E-state index contributed by atoms with van der Waals surface area (Å²) in [5.74, 6) is 0.580. The third kappa shape index (κ3) is 4.48. The van der Waals surface area contributed by atoms with Crippen molar-refractivity contribution >= 4 is 11.7 Å². The van der Waals surface area contributed by atoms with Crippen LogP contribution in [0.25, 0.3) is 0 Å². The molecule has 1 aliphatic rings. The van der Waals surface area contributed by atoms with Crippen LogP contribution in [0.3, 0.4) is 0 Å². The summed E-state index contributed by atoms with van der Waals surface area (Å²) in [6.07, 6.45) is 5.10. The zero-order valence-corrected chi connectivity index (χ0v) is 13.4. The lowest BCUT2D eigenvalue weighted by molar-refractivity contribution is -0.122. The van der Waals surface area contributed by atoms with E-state index in [2.05, 4.69) is 25.1 Å². The lowest BCUT2D eigenvalue weighted by atomic mass is 10.2. The third-order valence-corrected chi connectivity index (χ3v) is 4.02. The van der Waals surface area contributed by atoms with Gasteiger partial charge in [-0.05, 0) is 17.7 Å². The van der Waals surface area contributed by atoms with Crippen molar-refractivity contribution in [3.8, 4) is 0 Å². The van der Waals surface area contributed by atoms with Crippen LogP contribution in [0.4, 0.5) is 10.2 Å². The largest absolute Gasteiger partial charge is 0.353 e. The van der Waals surface area contributed by atoms with E-state index in [9.17, 15) is 9.18 Å². The number of aromatic nitrogens is 2. The zero-order chi connectivity index (χ0) is 16.8. The minimum Gasteiger partial charge on any atom is -0.353 e. The molecule has 1 saturated heterocycles. The SMILES string of the molecule is O=C(CN1CCN(c2cnccn2)CC1)NCc1ccc(F)cc1. The maximum Gasteiger partial charge on any atom is 0.234 e. The molecule has 0 atom stereocenters. The van der Waals surface area contributed by atoms with Crippen LogP contribution in [0.5, 0.6) is 0 Å². The fraction of sp³-hybridized carbons (Fsp3) is 0.353. The number of hydrogen-bond donors (Lipinski definition) is 1. The molecule has 1 aliphatic heterocycles. The first-order chi connectivity index (χ1) is 11.7. The summed E-state index contributed by atoms with van der Waals surface area (Å²) in [5.41, 5.74) is 0.886. The molecular formula is C17H20FN5O. The number of carbonyl (C=O) groups is 1. The van der Waals surface area contributed by atoms with Gasteiger partial charge in [0.05, 0.1) is 12.7 Å². The van der Waals surface area contributed by atoms with Gasteiger partial charge < -0.3 is 10.2 Å². The van der Waals surface area contributed by atoms with Gasteiger partial charge in [-0.25, -0.2) is 9.37 Å². The van der Waals surface area contributed by atoms with E-state index in [0.29, 0.717) is 13.1 Å². The summed E-state index contributed by atoms with van der Waals surface area (Å²) in [5, 5.41) is 2.87. The Morgan fingerprint density at radius 2 is 1.88 bits per heavy atom. The number of benzene rings is 1. The molecule has 126 valence electrons. The molecule has 0 spiro atoms. The van der Waals surface area contributed by atoms with Gasteiger partial charge in [0.25, 0.3) is 0 Å². The Kier molecular flexibility index (Phi) is 5.32. The molecule has 1 N–H and O–H groups in total. The lowest BCUT2D eigenvalue weighted by Gasteiger charge is -2.34. The van der Waals surface area contributed by atoms with Crippen LogP contribution in [0.2, 0.25) is 0 Å². The summed E-state index contributed by atoms with van der Waals surface area (Å²) >= 11 is 0. The van der Waals surface area contributed by atoms with E-state index < -0.39 is 0 Å². The average Bonchev–Trinajstić information content (AvgIpc) is 2.63. The van der Waals surface area contributed by atoms with E-state index in [1.165, 1.54) is 12.1 Å². The van der Waals surface area contributed by atoms with Gasteiger partial charge in [-0.3, -0.25) is 14.7 Å². The number of piperazine rings is 1. The van der Waals surface area contributed by atoms with Crippen LogP contribution in [0.1, 0.15) is 5.56 Å². The van der Waals surface area contributed by atoms with Crippen molar-refractivity contribution in [1.82, 2.24) is 20.2 Å². The molecule has 1 amide bonds. The first-order valence-electron chi connectivity index (χ1n) is 7.95. The molecular weight excluding hydrogens is 309 g/mol. The van der Waals surface area contributed by atoms with Crippen LogP contribution < -0.4 is 10.2 Å². The smallest absolute Gasteiger partial charge is 0.234 e. The van der Waals surface area contributed by atoms with Crippen molar-refractivity contribution in [1.29, 1.82) is 0 Å². The Labute approximate surface area is 140 Å². The maximum atomic E-state index is 12.8. The Morgan fingerprint density at radius 3 is 2.54 bits per heavy atom. The van der Waals surface area contributed by atoms with E-state index in [1.807, 2.05) is 0 Å². The molecule has 24 heavy (non-hydrogen) atoms. The van der Waals surface area contributed by atoms with Gasteiger partial charge in [0.2, 0.25) is 5.91 Å². The van der Waals surface area contributed by atoms with Crippen molar-refractivity contribution in [2.24, 2.45) is 0 Å². The minimum absolute atomic E-state index is 0.0210. The molecule has 3 rings (SSSR count). The van der Waals surface area contributed by atoms with Gasteiger partial charge in [-0.15, -0.1) is 0 Å². The molecule has 2 aromatic rings. The number of halogens is 1. The van der Waals surface area contributed by atoms with Gasteiger partial charge in [0, 0.05) is 45.1 Å². The van der Waals surface area contributed by atoms with Crippen molar-refractivity contribution in [3.05, 3.63) is 54.2 Å². The number of amides is 1. The van der Waals surface area contributed by atoms with E-state index in [0.717, 1.165) is 37.6 Å². The molecule has 2 heterocycles. The van der Waals surface area contributed by atoms with Crippen molar-refractivity contribution < 1.29 is 9.18 Å². The normalized spacial score (nSPS) is 15.3. The second-order valence-corrected chi connectivity index (χ2v) is 5.73. The molecule has 6 nitrogen and oxygen atoms in total. The highest BCUT2D eigenvalue weighted by atomic mass is 19.1. The molecule has 0 saturated carbocycles. The van der Waals surface area contributed by atoms with Gasteiger partial charge in [-0.2, -0.15) is 0 Å². The number of hydrogen-bond acceptors (Lipinski definition) is 5. The fourth-order valence-corrected chi connectivity index (χ4v) is 2.65. The van der Waals surface area contributed by atoms with Crippen LogP contribution in [-0.2, 0) is 11.3 Å². The Balaban J connectivity index is 1.41. The first kappa shape index (κ1) is 16.3. The zero-order valence-electron chi connectivity index (χ0n) is 13.4. The second-order valence-electron chi connectivity index (χ2n) is 5.73. The van der Waals surface area contributed by atoms with Crippen LogP contribution in [-0.4, -0.2) is 53.5 Å². The van der Waals surface area contributed by atoms with Crippen molar-refractivity contribution in [2.75, 3.05) is 37.6 Å². The minimum atomic E-state index is -0.272. The fourth-order valence-electron chi connectivity index (χ4n) is 2.65. The highest BCUT2D eigenvalue weighted by molar-refractivity contribution is 5.78. The quantitative estimate of drug-likeness (QED) is 0.889. The third-order valence-electron chi connectivity index (χ3n) is 4.02. The summed E-state index contributed by atoms with van der Waals surface area (Å²) in [6.45, 7) is 4.04. The van der Waals surface area contributed by atoms with Crippen LogP contribution >= 0.6 is 0 Å². The molecule has 0 radical (unpaired) electrons. The van der Waals surface area contributed by atoms with E-state index in [4.69, 9.17) is 0 Å². The monoisotopic (exact) mass is 329 g/mol. The first-order valence-corrected chi connectivity index (χ1v) is 7.95. The topological polar surface area (TPSA) is 61.4 Å². The highest BCUT2D eigenvalue weighted by Crippen LogP contribution is 2.11. The summed E-state index contributed by atoms with van der Waals surface area (Å²) in [7, 11) is 0. The summed E-state index contributed by atoms with van der Waals surface area (Å²) < 4.78 is 12.8. The molecule has 7 heteroatoms. The predicted molar refractivity (Wildman–Crippen MR) is 88.9 cm³/mol. The maximum absolute atomic E-state index is 12.8. The highest BCUT2D eigenvalue weighted by Gasteiger charge is 2.19. The van der Waals surface area contributed by atoms with Crippen molar-refractivity contribution in [3.63, 3.8) is 0 Å². The number of carbonyl (C=O) groups excluding carboxylic acids is 1. The van der Waals surface area contributed by atoms with Crippen LogP contribution in [0, 0.1) is 5.82 Å². The van der Waals surface area contributed by atoms with Gasteiger partial charge in [0.15, 0.2) is 0 Å². The number of nitrogens with one attached hydrogen (secondary N) is 1. The van der Waals surface area contributed by atoms with E-state index >= 15 is 0 Å². The Bertz CT molecular complexity index is 656. The van der Waals surface area contributed by atoms with Gasteiger partial charge in [-0.1, -0.05) is 12.1 Å². The van der Waals surface area contributed by atoms with Gasteiger partial charge in [0.1, 0.15) is 11.6 Å². The number of rotatable bonds is 5. The second kappa shape index (κ2) is 7.83. The molecule has 0 aliphatic carbocycles. The molecule has 1 fully saturated rings. The van der Waals surface area contributed by atoms with E-state index in [-0.39, 0.29) is 11.7 Å². The van der Waals surface area contributed by atoms with E-state index in [1.54, 1.807) is 30.7 Å². The predicted octanol–water partition coefficient (Wildman–Crippen LogP) is 1.05. The molecule has 1 aromatic heterocycles.